The van der Waals surface area contributed by atoms with Crippen LogP contribution < -0.4 is 15.2 Å². The second kappa shape index (κ2) is 5.56. The van der Waals surface area contributed by atoms with Crippen molar-refractivity contribution in [2.45, 2.75) is 6.61 Å². The molecule has 19 heavy (non-hydrogen) atoms. The molecular formula is C14H13F2NO2. The van der Waals surface area contributed by atoms with Crippen molar-refractivity contribution < 1.29 is 18.3 Å². The van der Waals surface area contributed by atoms with Crippen LogP contribution in [0.2, 0.25) is 0 Å². The molecule has 2 aromatic carbocycles. The van der Waals surface area contributed by atoms with Crippen molar-refractivity contribution in [3.05, 3.63) is 42.5 Å². The molecule has 2 rings (SSSR count). The molecule has 2 N–H and O–H groups in total. The average molecular weight is 265 g/mol. The molecule has 0 aliphatic carbocycles. The number of methoxy groups -OCH3 is 1. The predicted octanol–water partition coefficient (Wildman–Crippen LogP) is 3.55. The van der Waals surface area contributed by atoms with Crippen molar-refractivity contribution in [1.82, 2.24) is 0 Å². The molecule has 0 saturated carbocycles. The summed E-state index contributed by atoms with van der Waals surface area (Å²) >= 11 is 0. The van der Waals surface area contributed by atoms with Gasteiger partial charge < -0.3 is 15.2 Å². The molecule has 0 bridgehead atoms. The van der Waals surface area contributed by atoms with Gasteiger partial charge in [0.05, 0.1) is 12.8 Å². The molecule has 2 aromatic rings. The number of rotatable bonds is 4. The first-order valence-corrected chi connectivity index (χ1v) is 5.59. The first-order valence-electron chi connectivity index (χ1n) is 5.59. The van der Waals surface area contributed by atoms with Crippen LogP contribution in [-0.4, -0.2) is 13.7 Å². The Kier molecular flexibility index (Phi) is 3.85. The number of anilines is 1. The summed E-state index contributed by atoms with van der Waals surface area (Å²) in [7, 11) is 1.56. The smallest absolute Gasteiger partial charge is 0.387 e. The van der Waals surface area contributed by atoms with Crippen molar-refractivity contribution in [2.24, 2.45) is 0 Å². The van der Waals surface area contributed by atoms with Crippen LogP contribution in [0, 0.1) is 0 Å². The fourth-order valence-electron chi connectivity index (χ4n) is 1.71. The predicted molar refractivity (Wildman–Crippen MR) is 69.5 cm³/mol. The molecule has 0 heterocycles. The fraction of sp³-hybridized carbons (Fsp3) is 0.143. The van der Waals surface area contributed by atoms with E-state index in [2.05, 4.69) is 4.74 Å². The van der Waals surface area contributed by atoms with Crippen LogP contribution in [0.15, 0.2) is 42.5 Å². The summed E-state index contributed by atoms with van der Waals surface area (Å²) in [5.41, 5.74) is 7.32. The number of nitrogen functional groups attached to an aromatic ring is 1. The Morgan fingerprint density at radius 3 is 2.47 bits per heavy atom. The third-order valence-electron chi connectivity index (χ3n) is 2.63. The minimum absolute atomic E-state index is 0.0321. The van der Waals surface area contributed by atoms with Crippen LogP contribution in [0.5, 0.6) is 11.5 Å². The molecule has 0 amide bonds. The lowest BCUT2D eigenvalue weighted by molar-refractivity contribution is -0.0492. The van der Waals surface area contributed by atoms with Crippen LogP contribution in [0.4, 0.5) is 14.5 Å². The van der Waals surface area contributed by atoms with Crippen molar-refractivity contribution in [3.63, 3.8) is 0 Å². The maximum Gasteiger partial charge on any atom is 0.387 e. The van der Waals surface area contributed by atoms with Gasteiger partial charge in [0.15, 0.2) is 0 Å². The van der Waals surface area contributed by atoms with Crippen molar-refractivity contribution >= 4 is 5.69 Å². The van der Waals surface area contributed by atoms with E-state index in [-0.39, 0.29) is 11.4 Å². The number of halogens is 2. The normalized spacial score (nSPS) is 10.5. The lowest BCUT2D eigenvalue weighted by Gasteiger charge is -2.10. The van der Waals surface area contributed by atoms with E-state index >= 15 is 0 Å². The first-order chi connectivity index (χ1) is 9.10. The number of hydrogen-bond donors (Lipinski definition) is 1. The Balaban J connectivity index is 2.39. The van der Waals surface area contributed by atoms with Crippen LogP contribution in [0.1, 0.15) is 0 Å². The zero-order valence-electron chi connectivity index (χ0n) is 10.3. The summed E-state index contributed by atoms with van der Waals surface area (Å²) < 4.78 is 34.0. The van der Waals surface area contributed by atoms with E-state index in [1.54, 1.807) is 25.3 Å². The highest BCUT2D eigenvalue weighted by Crippen LogP contribution is 2.31. The maximum atomic E-state index is 12.3. The summed E-state index contributed by atoms with van der Waals surface area (Å²) in [4.78, 5) is 0. The van der Waals surface area contributed by atoms with Gasteiger partial charge in [0, 0.05) is 0 Å². The third-order valence-corrected chi connectivity index (χ3v) is 2.63. The van der Waals surface area contributed by atoms with Gasteiger partial charge in [-0.2, -0.15) is 8.78 Å². The average Bonchev–Trinajstić information content (AvgIpc) is 2.41. The minimum atomic E-state index is -2.90. The second-order valence-electron chi connectivity index (χ2n) is 3.86. The quantitative estimate of drug-likeness (QED) is 0.860. The van der Waals surface area contributed by atoms with E-state index in [4.69, 9.17) is 10.5 Å². The first kappa shape index (κ1) is 13.1. The Labute approximate surface area is 109 Å². The molecule has 0 unspecified atom stereocenters. The Hall–Kier alpha value is -2.30. The van der Waals surface area contributed by atoms with Gasteiger partial charge in [0.25, 0.3) is 0 Å². The second-order valence-corrected chi connectivity index (χ2v) is 3.86. The summed E-state index contributed by atoms with van der Waals surface area (Å²) in [5, 5.41) is 0. The number of hydrogen-bond acceptors (Lipinski definition) is 3. The highest BCUT2D eigenvalue weighted by molar-refractivity contribution is 5.70. The molecule has 3 nitrogen and oxygen atoms in total. The summed E-state index contributed by atoms with van der Waals surface area (Å²) in [6.45, 7) is -2.90. The zero-order chi connectivity index (χ0) is 13.8. The lowest BCUT2D eigenvalue weighted by Crippen LogP contribution is -2.04. The maximum absolute atomic E-state index is 12.3. The standard InChI is InChI=1S/C14H13F2NO2/c1-18-11-4-2-3-9(7-11)10-5-6-12(17)13(8-10)19-14(15)16/h2-8,14H,17H2,1H3. The molecule has 0 spiro atoms. The number of alkyl halides is 2. The van der Waals surface area contributed by atoms with Crippen molar-refractivity contribution in [3.8, 4) is 22.6 Å². The lowest BCUT2D eigenvalue weighted by atomic mass is 10.0. The van der Waals surface area contributed by atoms with Gasteiger partial charge in [0.1, 0.15) is 11.5 Å². The third kappa shape index (κ3) is 3.13. The number of nitrogens with two attached hydrogens (primary N) is 1. The Bertz CT molecular complexity index is 573. The van der Waals surface area contributed by atoms with Gasteiger partial charge in [-0.15, -0.1) is 0 Å². The zero-order valence-corrected chi connectivity index (χ0v) is 10.3. The largest absolute Gasteiger partial charge is 0.497 e. The summed E-state index contributed by atoms with van der Waals surface area (Å²) in [5.74, 6) is 0.654. The van der Waals surface area contributed by atoms with E-state index in [1.165, 1.54) is 12.1 Å². The molecular weight excluding hydrogens is 252 g/mol. The molecule has 0 saturated heterocycles. The Morgan fingerprint density at radius 2 is 1.79 bits per heavy atom. The van der Waals surface area contributed by atoms with Crippen LogP contribution in [-0.2, 0) is 0 Å². The van der Waals surface area contributed by atoms with Gasteiger partial charge >= 0.3 is 6.61 Å². The number of benzene rings is 2. The van der Waals surface area contributed by atoms with E-state index < -0.39 is 6.61 Å². The minimum Gasteiger partial charge on any atom is -0.497 e. The van der Waals surface area contributed by atoms with Crippen LogP contribution in [0.3, 0.4) is 0 Å². The van der Waals surface area contributed by atoms with Crippen LogP contribution >= 0.6 is 0 Å². The number of ether oxygens (including phenoxy) is 2. The fourth-order valence-corrected chi connectivity index (χ4v) is 1.71. The topological polar surface area (TPSA) is 44.5 Å². The van der Waals surface area contributed by atoms with Gasteiger partial charge in [-0.25, -0.2) is 0 Å². The molecule has 100 valence electrons. The molecule has 0 fully saturated rings. The molecule has 0 aliphatic heterocycles. The molecule has 5 heteroatoms. The van der Waals surface area contributed by atoms with Gasteiger partial charge in [-0.1, -0.05) is 18.2 Å². The molecule has 0 radical (unpaired) electrons. The SMILES string of the molecule is COc1cccc(-c2ccc(N)c(OC(F)F)c2)c1. The Morgan fingerprint density at radius 1 is 1.05 bits per heavy atom. The van der Waals surface area contributed by atoms with Crippen molar-refractivity contribution in [2.75, 3.05) is 12.8 Å². The highest BCUT2D eigenvalue weighted by atomic mass is 19.3. The molecule has 0 aromatic heterocycles. The summed E-state index contributed by atoms with van der Waals surface area (Å²) in [6.07, 6.45) is 0. The highest BCUT2D eigenvalue weighted by Gasteiger charge is 2.09. The van der Waals surface area contributed by atoms with Gasteiger partial charge in [-0.3, -0.25) is 0 Å². The van der Waals surface area contributed by atoms with E-state index in [9.17, 15) is 8.78 Å². The van der Waals surface area contributed by atoms with Gasteiger partial charge in [-0.05, 0) is 35.4 Å². The van der Waals surface area contributed by atoms with E-state index in [0.29, 0.717) is 5.75 Å². The molecule has 0 aliphatic rings. The van der Waals surface area contributed by atoms with Crippen LogP contribution in [0.25, 0.3) is 11.1 Å². The summed E-state index contributed by atoms with van der Waals surface area (Å²) in [6, 6.07) is 12.0. The van der Waals surface area contributed by atoms with E-state index in [0.717, 1.165) is 11.1 Å². The monoisotopic (exact) mass is 265 g/mol. The van der Waals surface area contributed by atoms with Crippen molar-refractivity contribution in [1.29, 1.82) is 0 Å². The van der Waals surface area contributed by atoms with E-state index in [1.807, 2.05) is 12.1 Å². The van der Waals surface area contributed by atoms with Gasteiger partial charge in [0.2, 0.25) is 0 Å². The molecule has 0 atom stereocenters.